The predicted molar refractivity (Wildman–Crippen MR) is 290 cm³/mol. The molecule has 11 aromatic carbocycles. The maximum Gasteiger partial charge on any atom is 0.143 e. The van der Waals surface area contributed by atoms with Crippen LogP contribution in [0.5, 0.6) is 0 Å². The molecule has 13 aromatic rings. The third-order valence-electron chi connectivity index (χ3n) is 13.7. The van der Waals surface area contributed by atoms with E-state index in [1.807, 2.05) is 12.1 Å². The highest BCUT2D eigenvalue weighted by Gasteiger charge is 2.20. The Kier molecular flexibility index (Phi) is 9.84. The summed E-state index contributed by atoms with van der Waals surface area (Å²) >= 11 is 0. The fraction of sp³-hybridized carbons (Fsp3) is 0. The van der Waals surface area contributed by atoms with E-state index < -0.39 is 0 Å². The highest BCUT2D eigenvalue weighted by atomic mass is 16.3. The van der Waals surface area contributed by atoms with Crippen molar-refractivity contribution in [3.63, 3.8) is 0 Å². The van der Waals surface area contributed by atoms with Crippen molar-refractivity contribution < 1.29 is 4.42 Å². The fourth-order valence-electron chi connectivity index (χ4n) is 10.3. The van der Waals surface area contributed by atoms with Gasteiger partial charge in [0.25, 0.3) is 0 Å². The number of rotatable bonds is 9. The summed E-state index contributed by atoms with van der Waals surface area (Å²) < 4.78 is 8.88. The molecule has 0 aliphatic heterocycles. The number of aromatic nitrogens is 1. The molecule has 13 rings (SSSR count). The number of nitrogens with zero attached hydrogens (tertiary/aromatic N) is 2. The quantitative estimate of drug-likeness (QED) is 0.144. The van der Waals surface area contributed by atoms with E-state index in [2.05, 4.69) is 264 Å². The summed E-state index contributed by atoms with van der Waals surface area (Å²) in [6.45, 7) is 0. The van der Waals surface area contributed by atoms with Gasteiger partial charge in [-0.3, -0.25) is 0 Å². The summed E-state index contributed by atoms with van der Waals surface area (Å²) in [5.41, 5.74) is 20.2. The molecule has 0 aliphatic rings. The van der Waals surface area contributed by atoms with E-state index in [9.17, 15) is 0 Å². The summed E-state index contributed by atoms with van der Waals surface area (Å²) in [7, 11) is 0. The normalized spacial score (nSPS) is 11.5. The first-order chi connectivity index (χ1) is 34.2. The molecular formula is C66H44N2O. The topological polar surface area (TPSA) is 21.3 Å². The molecule has 0 fully saturated rings. The van der Waals surface area contributed by atoms with Crippen LogP contribution < -0.4 is 4.90 Å². The monoisotopic (exact) mass is 880 g/mol. The van der Waals surface area contributed by atoms with E-state index in [-0.39, 0.29) is 0 Å². The molecule has 0 unspecified atom stereocenters. The van der Waals surface area contributed by atoms with E-state index in [1.165, 1.54) is 49.7 Å². The van der Waals surface area contributed by atoms with Crippen LogP contribution in [-0.2, 0) is 0 Å². The zero-order chi connectivity index (χ0) is 45.7. The third kappa shape index (κ3) is 7.08. The van der Waals surface area contributed by atoms with Gasteiger partial charge < -0.3 is 13.9 Å². The van der Waals surface area contributed by atoms with Gasteiger partial charge in [-0.25, -0.2) is 0 Å². The lowest BCUT2D eigenvalue weighted by molar-refractivity contribution is 0.670. The van der Waals surface area contributed by atoms with Gasteiger partial charge in [0, 0.05) is 49.6 Å². The number of furan rings is 1. The fourth-order valence-corrected chi connectivity index (χ4v) is 10.3. The summed E-state index contributed by atoms with van der Waals surface area (Å²) in [6.07, 6.45) is 0. The molecule has 324 valence electrons. The molecule has 3 heteroatoms. The number of benzene rings is 11. The number of fused-ring (bicyclic) bond motifs is 6. The van der Waals surface area contributed by atoms with Crippen LogP contribution in [0.3, 0.4) is 0 Å². The minimum absolute atomic E-state index is 0.899. The van der Waals surface area contributed by atoms with Crippen molar-refractivity contribution in [3.8, 4) is 61.3 Å². The van der Waals surface area contributed by atoms with Crippen LogP contribution in [0.15, 0.2) is 271 Å². The van der Waals surface area contributed by atoms with Crippen LogP contribution in [0.25, 0.3) is 105 Å². The molecule has 0 N–H and O–H groups in total. The largest absolute Gasteiger partial charge is 0.455 e. The second-order valence-corrected chi connectivity index (χ2v) is 17.6. The van der Waals surface area contributed by atoms with E-state index >= 15 is 0 Å². The van der Waals surface area contributed by atoms with E-state index in [4.69, 9.17) is 4.42 Å². The zero-order valence-electron chi connectivity index (χ0n) is 37.7. The molecular weight excluding hydrogens is 837 g/mol. The molecule has 0 saturated heterocycles. The van der Waals surface area contributed by atoms with Gasteiger partial charge >= 0.3 is 0 Å². The summed E-state index contributed by atoms with van der Waals surface area (Å²) in [5.74, 6) is 0. The van der Waals surface area contributed by atoms with Crippen molar-refractivity contribution >= 4 is 60.8 Å². The lowest BCUT2D eigenvalue weighted by Crippen LogP contribution is -2.11. The van der Waals surface area contributed by atoms with Crippen LogP contribution in [0, 0.1) is 0 Å². The van der Waals surface area contributed by atoms with E-state index in [1.54, 1.807) is 0 Å². The zero-order valence-corrected chi connectivity index (χ0v) is 37.7. The molecule has 69 heavy (non-hydrogen) atoms. The van der Waals surface area contributed by atoms with Crippen LogP contribution in [0.1, 0.15) is 0 Å². The Morgan fingerprint density at radius 2 is 0.696 bits per heavy atom. The SMILES string of the molecule is c1ccc(-c2ccc(-c3ccccc3N(c3ccc(-c4ccc(-c5ccccc5-n5c6ccccc6c6ccccc65)cc4)cc3)c3ccc(-c4cccc5c4oc4ccccc45)cc3)cc2)cc1. The maximum absolute atomic E-state index is 6.47. The molecule has 0 spiro atoms. The van der Waals surface area contributed by atoms with Crippen molar-refractivity contribution in [1.29, 1.82) is 0 Å². The van der Waals surface area contributed by atoms with Gasteiger partial charge in [-0.2, -0.15) is 0 Å². The molecule has 0 bridgehead atoms. The third-order valence-corrected chi connectivity index (χ3v) is 13.7. The molecule has 0 aliphatic carbocycles. The number of hydrogen-bond donors (Lipinski definition) is 0. The molecule has 0 radical (unpaired) electrons. The summed E-state index contributed by atoms with van der Waals surface area (Å²) in [5, 5.41) is 4.77. The first-order valence-electron chi connectivity index (χ1n) is 23.6. The van der Waals surface area contributed by atoms with Crippen LogP contribution >= 0.6 is 0 Å². The first-order valence-corrected chi connectivity index (χ1v) is 23.6. The van der Waals surface area contributed by atoms with Gasteiger partial charge in [-0.15, -0.1) is 0 Å². The van der Waals surface area contributed by atoms with Crippen molar-refractivity contribution in [3.05, 3.63) is 267 Å². The van der Waals surface area contributed by atoms with Crippen molar-refractivity contribution in [2.75, 3.05) is 4.90 Å². The highest BCUT2D eigenvalue weighted by molar-refractivity contribution is 6.11. The number of hydrogen-bond acceptors (Lipinski definition) is 2. The van der Waals surface area contributed by atoms with E-state index in [0.717, 1.165) is 72.4 Å². The summed E-state index contributed by atoms with van der Waals surface area (Å²) in [6, 6.07) is 96.0. The second kappa shape index (κ2) is 16.9. The van der Waals surface area contributed by atoms with Gasteiger partial charge in [-0.1, -0.05) is 212 Å². The Hall–Kier alpha value is -9.18. The lowest BCUT2D eigenvalue weighted by atomic mass is 9.97. The Balaban J connectivity index is 0.869. The van der Waals surface area contributed by atoms with Gasteiger partial charge in [0.2, 0.25) is 0 Å². The van der Waals surface area contributed by atoms with E-state index in [0.29, 0.717) is 0 Å². The first kappa shape index (κ1) is 40.1. The predicted octanol–water partition coefficient (Wildman–Crippen LogP) is 18.5. The molecule has 2 heterocycles. The average molecular weight is 881 g/mol. The maximum atomic E-state index is 6.47. The van der Waals surface area contributed by atoms with Crippen LogP contribution in [0.2, 0.25) is 0 Å². The molecule has 2 aromatic heterocycles. The number of anilines is 3. The summed E-state index contributed by atoms with van der Waals surface area (Å²) in [4.78, 5) is 2.38. The average Bonchev–Trinajstić information content (AvgIpc) is 3.98. The minimum atomic E-state index is 0.899. The molecule has 0 amide bonds. The minimum Gasteiger partial charge on any atom is -0.455 e. The Bertz CT molecular complexity index is 3920. The highest BCUT2D eigenvalue weighted by Crippen LogP contribution is 2.44. The Labute approximate surface area is 401 Å². The van der Waals surface area contributed by atoms with Gasteiger partial charge in [-0.05, 0) is 93.5 Å². The molecule has 0 saturated carbocycles. The smallest absolute Gasteiger partial charge is 0.143 e. The van der Waals surface area contributed by atoms with Crippen molar-refractivity contribution in [2.45, 2.75) is 0 Å². The second-order valence-electron chi connectivity index (χ2n) is 17.6. The van der Waals surface area contributed by atoms with Gasteiger partial charge in [0.05, 0.1) is 22.4 Å². The lowest BCUT2D eigenvalue weighted by Gasteiger charge is -2.28. The Morgan fingerprint density at radius 1 is 0.275 bits per heavy atom. The molecule has 3 nitrogen and oxygen atoms in total. The van der Waals surface area contributed by atoms with Crippen molar-refractivity contribution in [2.24, 2.45) is 0 Å². The van der Waals surface area contributed by atoms with Crippen LogP contribution in [0.4, 0.5) is 17.1 Å². The van der Waals surface area contributed by atoms with Crippen LogP contribution in [-0.4, -0.2) is 4.57 Å². The standard InChI is InChI=1S/C66H44N2O/c1-2-15-45(16-3-1)46-29-33-49(34-30-46)54-17-4-9-24-61(54)67(53-43-39-51(40-44-53)56-22-14-23-60-59-21-8-13-28-65(59)69-66(56)60)52-41-37-48(38-42-52)47-31-35-50(36-32-47)55-18-5-10-25-62(55)68-63-26-11-6-19-57(63)58-20-7-12-27-64(58)68/h1-44H. The molecule has 0 atom stereocenters. The van der Waals surface area contributed by atoms with Crippen molar-refractivity contribution in [1.82, 2.24) is 4.57 Å². The van der Waals surface area contributed by atoms with Gasteiger partial charge in [0.15, 0.2) is 0 Å². The Morgan fingerprint density at radius 3 is 1.35 bits per heavy atom. The number of para-hydroxylation sites is 6. The van der Waals surface area contributed by atoms with Gasteiger partial charge in [0.1, 0.15) is 11.2 Å².